The molecule has 1 aromatic heterocycles. The number of ether oxygens (including phenoxy) is 1. The van der Waals surface area contributed by atoms with Crippen LogP contribution in [0.25, 0.3) is 5.57 Å². The number of nitrogens with one attached hydrogen (secondary N) is 2. The van der Waals surface area contributed by atoms with Gasteiger partial charge >= 0.3 is 0 Å². The molecule has 1 unspecified atom stereocenters. The van der Waals surface area contributed by atoms with Crippen LogP contribution in [0, 0.1) is 13.8 Å². The lowest BCUT2D eigenvalue weighted by Gasteiger charge is -2.18. The Morgan fingerprint density at radius 3 is 2.77 bits per heavy atom. The van der Waals surface area contributed by atoms with E-state index in [0.717, 1.165) is 41.5 Å². The SMILES string of the molecule is CC/C=C(\C)c1c(C)c(Nc2nc(C)cc(NC)n2)cc2c1OCC2C. The normalized spacial score (nSPS) is 16.2. The van der Waals surface area contributed by atoms with Gasteiger partial charge in [-0.3, -0.25) is 0 Å². The lowest BCUT2D eigenvalue weighted by Crippen LogP contribution is -2.05. The second kappa shape index (κ2) is 7.36. The maximum absolute atomic E-state index is 6.04. The molecule has 0 fully saturated rings. The molecule has 2 heterocycles. The maximum Gasteiger partial charge on any atom is 0.229 e. The molecule has 26 heavy (non-hydrogen) atoms. The van der Waals surface area contributed by atoms with E-state index >= 15 is 0 Å². The Morgan fingerprint density at radius 1 is 1.31 bits per heavy atom. The summed E-state index contributed by atoms with van der Waals surface area (Å²) in [6.07, 6.45) is 3.25. The summed E-state index contributed by atoms with van der Waals surface area (Å²) in [4.78, 5) is 9.07. The summed E-state index contributed by atoms with van der Waals surface area (Å²) in [5.74, 6) is 2.82. The summed E-state index contributed by atoms with van der Waals surface area (Å²) >= 11 is 0. The van der Waals surface area contributed by atoms with Crippen molar-refractivity contribution in [3.05, 3.63) is 40.6 Å². The average Bonchev–Trinajstić information content (AvgIpc) is 2.95. The zero-order valence-electron chi connectivity index (χ0n) is 16.5. The van der Waals surface area contributed by atoms with Crippen molar-refractivity contribution < 1.29 is 4.74 Å². The smallest absolute Gasteiger partial charge is 0.229 e. The average molecular weight is 352 g/mol. The fraction of sp³-hybridized carbons (Fsp3) is 0.429. The monoisotopic (exact) mass is 352 g/mol. The molecule has 2 aromatic rings. The van der Waals surface area contributed by atoms with E-state index in [1.54, 1.807) is 0 Å². The highest BCUT2D eigenvalue weighted by Gasteiger charge is 2.27. The third kappa shape index (κ3) is 3.39. The summed E-state index contributed by atoms with van der Waals surface area (Å²) in [5, 5.41) is 6.51. The third-order valence-corrected chi connectivity index (χ3v) is 4.84. The van der Waals surface area contributed by atoms with Gasteiger partial charge in [-0.2, -0.15) is 4.98 Å². The number of aromatic nitrogens is 2. The minimum Gasteiger partial charge on any atom is -0.492 e. The van der Waals surface area contributed by atoms with Gasteiger partial charge in [0, 0.05) is 41.5 Å². The Kier molecular flexibility index (Phi) is 5.16. The number of rotatable bonds is 5. The van der Waals surface area contributed by atoms with E-state index in [1.165, 1.54) is 16.7 Å². The van der Waals surface area contributed by atoms with Crippen molar-refractivity contribution in [2.75, 3.05) is 24.3 Å². The number of hydrogen-bond donors (Lipinski definition) is 2. The Morgan fingerprint density at radius 2 is 2.08 bits per heavy atom. The first kappa shape index (κ1) is 18.2. The predicted molar refractivity (Wildman–Crippen MR) is 109 cm³/mol. The number of fused-ring (bicyclic) bond motifs is 1. The Hall–Kier alpha value is -2.56. The van der Waals surface area contributed by atoms with Crippen LogP contribution in [0.2, 0.25) is 0 Å². The van der Waals surface area contributed by atoms with E-state index < -0.39 is 0 Å². The van der Waals surface area contributed by atoms with Gasteiger partial charge in [-0.15, -0.1) is 0 Å². The van der Waals surface area contributed by atoms with E-state index in [4.69, 9.17) is 4.74 Å². The van der Waals surface area contributed by atoms with Crippen LogP contribution in [0.1, 0.15) is 55.5 Å². The molecule has 1 aromatic carbocycles. The van der Waals surface area contributed by atoms with E-state index in [1.807, 2.05) is 20.0 Å². The van der Waals surface area contributed by atoms with Crippen molar-refractivity contribution >= 4 is 23.0 Å². The van der Waals surface area contributed by atoms with E-state index in [-0.39, 0.29) is 0 Å². The van der Waals surface area contributed by atoms with Crippen LogP contribution >= 0.6 is 0 Å². The second-order valence-corrected chi connectivity index (χ2v) is 6.94. The molecular weight excluding hydrogens is 324 g/mol. The lowest BCUT2D eigenvalue weighted by molar-refractivity contribution is 0.336. The number of anilines is 3. The molecule has 1 aliphatic heterocycles. The molecule has 5 nitrogen and oxygen atoms in total. The van der Waals surface area contributed by atoms with Crippen molar-refractivity contribution in [2.45, 2.75) is 47.0 Å². The van der Waals surface area contributed by atoms with Crippen LogP contribution in [-0.4, -0.2) is 23.6 Å². The van der Waals surface area contributed by atoms with Gasteiger partial charge in [-0.25, -0.2) is 4.98 Å². The van der Waals surface area contributed by atoms with E-state index in [2.05, 4.69) is 60.4 Å². The number of benzene rings is 1. The summed E-state index contributed by atoms with van der Waals surface area (Å²) in [7, 11) is 1.86. The molecule has 0 radical (unpaired) electrons. The van der Waals surface area contributed by atoms with Crippen molar-refractivity contribution in [1.29, 1.82) is 0 Å². The fourth-order valence-corrected chi connectivity index (χ4v) is 3.48. The molecule has 1 aliphatic rings. The van der Waals surface area contributed by atoms with Gasteiger partial charge in [0.15, 0.2) is 0 Å². The van der Waals surface area contributed by atoms with Gasteiger partial charge in [0.25, 0.3) is 0 Å². The van der Waals surface area contributed by atoms with Crippen molar-refractivity contribution in [1.82, 2.24) is 9.97 Å². The molecule has 5 heteroatoms. The Balaban J connectivity index is 2.11. The first-order valence-electron chi connectivity index (χ1n) is 9.22. The topological polar surface area (TPSA) is 59.1 Å². The number of allylic oxidation sites excluding steroid dienone is 2. The summed E-state index contributed by atoms with van der Waals surface area (Å²) < 4.78 is 6.04. The molecule has 3 rings (SSSR count). The predicted octanol–water partition coefficient (Wildman–Crippen LogP) is 5.19. The van der Waals surface area contributed by atoms with Gasteiger partial charge < -0.3 is 15.4 Å². The highest BCUT2D eigenvalue weighted by Crippen LogP contribution is 2.44. The van der Waals surface area contributed by atoms with Crippen LogP contribution < -0.4 is 15.4 Å². The van der Waals surface area contributed by atoms with Crippen LogP contribution in [-0.2, 0) is 0 Å². The quantitative estimate of drug-likeness (QED) is 0.775. The fourth-order valence-electron chi connectivity index (χ4n) is 3.48. The van der Waals surface area contributed by atoms with Crippen LogP contribution in [0.15, 0.2) is 18.2 Å². The standard InChI is InChI=1S/C21H28N4O/c1-7-8-12(2)19-15(5)17(10-16-13(3)11-26-20(16)19)24-21-23-14(4)9-18(22-6)25-21/h8-10,13H,7,11H2,1-6H3,(H2,22,23,24,25)/b12-8+. The number of hydrogen-bond acceptors (Lipinski definition) is 5. The maximum atomic E-state index is 6.04. The van der Waals surface area contributed by atoms with Gasteiger partial charge in [0.2, 0.25) is 5.95 Å². The van der Waals surface area contributed by atoms with Crippen molar-refractivity contribution in [3.8, 4) is 5.75 Å². The molecule has 0 amide bonds. The van der Waals surface area contributed by atoms with Gasteiger partial charge in [-0.05, 0) is 44.4 Å². The minimum absolute atomic E-state index is 0.380. The zero-order valence-corrected chi connectivity index (χ0v) is 16.5. The van der Waals surface area contributed by atoms with Crippen molar-refractivity contribution in [2.24, 2.45) is 0 Å². The third-order valence-electron chi connectivity index (χ3n) is 4.84. The second-order valence-electron chi connectivity index (χ2n) is 6.94. The largest absolute Gasteiger partial charge is 0.492 e. The van der Waals surface area contributed by atoms with E-state index in [9.17, 15) is 0 Å². The zero-order chi connectivity index (χ0) is 18.8. The molecular formula is C21H28N4O. The summed E-state index contributed by atoms with van der Waals surface area (Å²) in [5.41, 5.74) is 6.81. The first-order chi connectivity index (χ1) is 12.4. The molecule has 1 atom stereocenters. The highest BCUT2D eigenvalue weighted by atomic mass is 16.5. The summed E-state index contributed by atoms with van der Waals surface area (Å²) in [6.45, 7) is 11.4. The van der Waals surface area contributed by atoms with E-state index in [0.29, 0.717) is 11.9 Å². The molecule has 2 N–H and O–H groups in total. The summed E-state index contributed by atoms with van der Waals surface area (Å²) in [6, 6.07) is 4.12. The van der Waals surface area contributed by atoms with Gasteiger partial charge in [0.1, 0.15) is 11.6 Å². The molecule has 0 spiro atoms. The molecule has 0 saturated heterocycles. The first-order valence-corrected chi connectivity index (χ1v) is 9.22. The number of nitrogens with zero attached hydrogens (tertiary/aromatic N) is 2. The molecule has 0 bridgehead atoms. The van der Waals surface area contributed by atoms with Crippen molar-refractivity contribution in [3.63, 3.8) is 0 Å². The lowest BCUT2D eigenvalue weighted by atomic mass is 9.92. The molecule has 0 aliphatic carbocycles. The highest BCUT2D eigenvalue weighted by molar-refractivity contribution is 5.80. The molecule has 138 valence electrons. The molecule has 0 saturated carbocycles. The van der Waals surface area contributed by atoms with Crippen LogP contribution in [0.5, 0.6) is 5.75 Å². The Labute approximate surface area is 155 Å². The minimum atomic E-state index is 0.380. The van der Waals surface area contributed by atoms with Crippen LogP contribution in [0.3, 0.4) is 0 Å². The van der Waals surface area contributed by atoms with Gasteiger partial charge in [0.05, 0.1) is 6.61 Å². The Bertz CT molecular complexity index is 858. The van der Waals surface area contributed by atoms with Crippen LogP contribution in [0.4, 0.5) is 17.5 Å². The number of aryl methyl sites for hydroxylation is 1. The van der Waals surface area contributed by atoms with Gasteiger partial charge in [-0.1, -0.05) is 19.9 Å².